The Morgan fingerprint density at radius 1 is 1.58 bits per heavy atom. The molecule has 1 aromatic carbocycles. The number of carbonyl (C=O) groups is 1. The highest BCUT2D eigenvalue weighted by molar-refractivity contribution is 7.99. The zero-order valence-electron chi connectivity index (χ0n) is 11.1. The third-order valence-corrected chi connectivity index (χ3v) is 3.98. The molecule has 106 valence electrons. The van der Waals surface area contributed by atoms with Crippen molar-refractivity contribution in [2.45, 2.75) is 18.2 Å². The Labute approximate surface area is 116 Å². The second-order valence-electron chi connectivity index (χ2n) is 4.07. The molecule has 2 atom stereocenters. The first-order valence-corrected chi connectivity index (χ1v) is 7.10. The van der Waals surface area contributed by atoms with Gasteiger partial charge in [-0.25, -0.2) is 4.39 Å². The van der Waals surface area contributed by atoms with Gasteiger partial charge in [-0.05, 0) is 31.4 Å². The van der Waals surface area contributed by atoms with Crippen molar-refractivity contribution in [3.8, 4) is 5.75 Å². The first kappa shape index (κ1) is 15.8. The fourth-order valence-corrected chi connectivity index (χ4v) is 2.25. The lowest BCUT2D eigenvalue weighted by molar-refractivity contribution is 0.0935. The number of rotatable bonds is 6. The Kier molecular flexibility index (Phi) is 6.11. The summed E-state index contributed by atoms with van der Waals surface area (Å²) in [5, 5.41) is 11.8. The highest BCUT2D eigenvalue weighted by Gasteiger charge is 2.18. The van der Waals surface area contributed by atoms with Crippen molar-refractivity contribution < 1.29 is 19.0 Å². The van der Waals surface area contributed by atoms with E-state index < -0.39 is 5.82 Å². The molecular formula is C13H18FNO3S. The predicted molar refractivity (Wildman–Crippen MR) is 74.3 cm³/mol. The van der Waals surface area contributed by atoms with Gasteiger partial charge in [-0.15, -0.1) is 0 Å². The molecule has 0 aliphatic carbocycles. The average molecular weight is 287 g/mol. The summed E-state index contributed by atoms with van der Waals surface area (Å²) in [5.41, 5.74) is 0.225. The van der Waals surface area contributed by atoms with Crippen LogP contribution in [0.1, 0.15) is 17.3 Å². The number of ether oxygens (including phenoxy) is 1. The fourth-order valence-electron chi connectivity index (χ4n) is 1.63. The van der Waals surface area contributed by atoms with Crippen molar-refractivity contribution in [2.75, 3.05) is 20.0 Å². The lowest BCUT2D eigenvalue weighted by atomic mass is 10.1. The molecule has 1 amide bonds. The molecule has 0 aromatic heterocycles. The fraction of sp³-hybridized carbons (Fsp3) is 0.462. The van der Waals surface area contributed by atoms with Crippen LogP contribution in [-0.4, -0.2) is 42.3 Å². The number of aliphatic hydroxyl groups is 1. The minimum atomic E-state index is -0.577. The van der Waals surface area contributed by atoms with E-state index in [1.54, 1.807) is 6.92 Å². The van der Waals surface area contributed by atoms with Gasteiger partial charge in [-0.2, -0.15) is 11.8 Å². The molecule has 0 bridgehead atoms. The summed E-state index contributed by atoms with van der Waals surface area (Å²) in [6.45, 7) is 1.77. The molecule has 0 heterocycles. The first-order chi connectivity index (χ1) is 9.03. The SMILES string of the molecule is COc1ccc(C(=O)NC(C)C(CO)SC)cc1F. The topological polar surface area (TPSA) is 58.6 Å². The van der Waals surface area contributed by atoms with Crippen molar-refractivity contribution in [3.63, 3.8) is 0 Å². The molecule has 0 aliphatic rings. The van der Waals surface area contributed by atoms with E-state index in [-0.39, 0.29) is 35.1 Å². The lowest BCUT2D eigenvalue weighted by Crippen LogP contribution is -2.41. The van der Waals surface area contributed by atoms with Gasteiger partial charge in [0.1, 0.15) is 0 Å². The monoisotopic (exact) mass is 287 g/mol. The minimum absolute atomic E-state index is 0.0282. The molecule has 6 heteroatoms. The molecule has 19 heavy (non-hydrogen) atoms. The summed E-state index contributed by atoms with van der Waals surface area (Å²) in [5.74, 6) is -0.852. The van der Waals surface area contributed by atoms with E-state index in [1.165, 1.54) is 31.0 Å². The van der Waals surface area contributed by atoms with Crippen LogP contribution in [0.3, 0.4) is 0 Å². The van der Waals surface area contributed by atoms with Crippen molar-refractivity contribution in [1.29, 1.82) is 0 Å². The lowest BCUT2D eigenvalue weighted by Gasteiger charge is -2.21. The van der Waals surface area contributed by atoms with E-state index >= 15 is 0 Å². The van der Waals surface area contributed by atoms with Gasteiger partial charge in [0.25, 0.3) is 5.91 Å². The maximum Gasteiger partial charge on any atom is 0.251 e. The van der Waals surface area contributed by atoms with Gasteiger partial charge in [0, 0.05) is 16.9 Å². The van der Waals surface area contributed by atoms with Crippen LogP contribution in [0.2, 0.25) is 0 Å². The maximum atomic E-state index is 13.5. The molecule has 0 aliphatic heterocycles. The number of hydrogen-bond acceptors (Lipinski definition) is 4. The second-order valence-corrected chi connectivity index (χ2v) is 5.15. The summed E-state index contributed by atoms with van der Waals surface area (Å²) < 4.78 is 18.3. The van der Waals surface area contributed by atoms with E-state index in [9.17, 15) is 9.18 Å². The second kappa shape index (κ2) is 7.35. The number of methoxy groups -OCH3 is 1. The van der Waals surface area contributed by atoms with Crippen LogP contribution in [0.25, 0.3) is 0 Å². The Bertz CT molecular complexity index is 438. The number of aliphatic hydroxyl groups excluding tert-OH is 1. The van der Waals surface area contributed by atoms with Crippen LogP contribution in [0.15, 0.2) is 18.2 Å². The van der Waals surface area contributed by atoms with E-state index in [2.05, 4.69) is 5.32 Å². The minimum Gasteiger partial charge on any atom is -0.494 e. The van der Waals surface area contributed by atoms with E-state index in [1.807, 2.05) is 6.26 Å². The van der Waals surface area contributed by atoms with Crippen LogP contribution >= 0.6 is 11.8 Å². The number of thioether (sulfide) groups is 1. The van der Waals surface area contributed by atoms with E-state index in [4.69, 9.17) is 9.84 Å². The summed E-state index contributed by atoms with van der Waals surface area (Å²) in [7, 11) is 1.37. The molecule has 0 radical (unpaired) electrons. The van der Waals surface area contributed by atoms with E-state index in [0.717, 1.165) is 6.07 Å². The highest BCUT2D eigenvalue weighted by atomic mass is 32.2. The largest absolute Gasteiger partial charge is 0.494 e. The van der Waals surface area contributed by atoms with Crippen LogP contribution < -0.4 is 10.1 Å². The number of amides is 1. The molecule has 2 N–H and O–H groups in total. The van der Waals surface area contributed by atoms with Gasteiger partial charge in [-0.3, -0.25) is 4.79 Å². The Morgan fingerprint density at radius 2 is 2.26 bits per heavy atom. The standard InChI is InChI=1S/C13H18FNO3S/c1-8(12(7-16)19-3)15-13(17)9-4-5-11(18-2)10(14)6-9/h4-6,8,12,16H,7H2,1-3H3,(H,15,17). The van der Waals surface area contributed by atoms with Gasteiger partial charge in [0.15, 0.2) is 11.6 Å². The Morgan fingerprint density at radius 3 is 2.74 bits per heavy atom. The quantitative estimate of drug-likeness (QED) is 0.836. The highest BCUT2D eigenvalue weighted by Crippen LogP contribution is 2.18. The number of carbonyl (C=O) groups excluding carboxylic acids is 1. The zero-order chi connectivity index (χ0) is 14.4. The molecule has 2 unspecified atom stereocenters. The molecule has 4 nitrogen and oxygen atoms in total. The van der Waals surface area contributed by atoms with Crippen LogP contribution in [0.4, 0.5) is 4.39 Å². The van der Waals surface area contributed by atoms with Crippen LogP contribution in [0.5, 0.6) is 5.75 Å². The average Bonchev–Trinajstić information content (AvgIpc) is 2.39. The molecule has 0 spiro atoms. The van der Waals surface area contributed by atoms with Crippen molar-refractivity contribution in [3.05, 3.63) is 29.6 Å². The van der Waals surface area contributed by atoms with Gasteiger partial charge in [-0.1, -0.05) is 0 Å². The molecule has 0 saturated heterocycles. The molecule has 0 saturated carbocycles. The molecule has 1 rings (SSSR count). The summed E-state index contributed by atoms with van der Waals surface area (Å²) >= 11 is 1.47. The van der Waals surface area contributed by atoms with Crippen LogP contribution in [-0.2, 0) is 0 Å². The van der Waals surface area contributed by atoms with Crippen molar-refractivity contribution in [2.24, 2.45) is 0 Å². The number of benzene rings is 1. The van der Waals surface area contributed by atoms with Crippen molar-refractivity contribution >= 4 is 17.7 Å². The van der Waals surface area contributed by atoms with Gasteiger partial charge >= 0.3 is 0 Å². The van der Waals surface area contributed by atoms with Gasteiger partial charge in [0.2, 0.25) is 0 Å². The van der Waals surface area contributed by atoms with Gasteiger partial charge in [0.05, 0.1) is 13.7 Å². The van der Waals surface area contributed by atoms with Gasteiger partial charge < -0.3 is 15.2 Å². The smallest absolute Gasteiger partial charge is 0.251 e. The van der Waals surface area contributed by atoms with E-state index in [0.29, 0.717) is 0 Å². The first-order valence-electron chi connectivity index (χ1n) is 5.81. The number of hydrogen-bond donors (Lipinski definition) is 2. The Balaban J connectivity index is 2.75. The summed E-state index contributed by atoms with van der Waals surface area (Å²) in [6, 6.07) is 3.83. The van der Waals surface area contributed by atoms with Crippen molar-refractivity contribution in [1.82, 2.24) is 5.32 Å². The molecular weight excluding hydrogens is 269 g/mol. The number of nitrogens with one attached hydrogen (secondary N) is 1. The molecule has 0 fully saturated rings. The maximum absolute atomic E-state index is 13.5. The zero-order valence-corrected chi connectivity index (χ0v) is 12.0. The summed E-state index contributed by atoms with van der Waals surface area (Å²) in [6.07, 6.45) is 1.86. The third-order valence-electron chi connectivity index (χ3n) is 2.81. The predicted octanol–water partition coefficient (Wildman–Crippen LogP) is 1.68. The number of halogens is 1. The van der Waals surface area contributed by atoms with Crippen LogP contribution in [0, 0.1) is 5.82 Å². The molecule has 1 aromatic rings. The Hall–Kier alpha value is -1.27. The summed E-state index contributed by atoms with van der Waals surface area (Å²) in [4.78, 5) is 11.9. The normalized spacial score (nSPS) is 13.7. The third kappa shape index (κ3) is 4.11.